The lowest BCUT2D eigenvalue weighted by atomic mass is 9.98. The van der Waals surface area contributed by atoms with Gasteiger partial charge in [-0.25, -0.2) is 0 Å². The van der Waals surface area contributed by atoms with E-state index in [0.29, 0.717) is 18.9 Å². The van der Waals surface area contributed by atoms with Crippen LogP contribution < -0.4 is 0 Å². The Bertz CT molecular complexity index is 313. The average molecular weight is 212 g/mol. The van der Waals surface area contributed by atoms with Gasteiger partial charge in [0.1, 0.15) is 6.10 Å². The molecule has 0 spiro atoms. The molecule has 2 atom stereocenters. The molecule has 76 valence electrons. The van der Waals surface area contributed by atoms with E-state index in [1.165, 1.54) is 11.5 Å². The standard InChI is InChI=1S/C9H12N2O2S/c1-6-2-3-13-9(6)8(12)4-7-5-14-11-10-7/h5-6,9H,2-4H2,1H3. The first-order valence-corrected chi connectivity index (χ1v) is 5.51. The number of hydrogen-bond acceptors (Lipinski definition) is 5. The molecule has 2 unspecified atom stereocenters. The van der Waals surface area contributed by atoms with E-state index in [2.05, 4.69) is 16.5 Å². The number of carbonyl (C=O) groups excluding carboxylic acids is 1. The molecule has 0 bridgehead atoms. The third-order valence-corrected chi connectivity index (χ3v) is 3.02. The van der Waals surface area contributed by atoms with Gasteiger partial charge < -0.3 is 4.74 Å². The summed E-state index contributed by atoms with van der Waals surface area (Å²) in [4.78, 5) is 11.7. The summed E-state index contributed by atoms with van der Waals surface area (Å²) >= 11 is 1.27. The summed E-state index contributed by atoms with van der Waals surface area (Å²) in [5.74, 6) is 0.469. The first-order valence-electron chi connectivity index (χ1n) is 4.67. The number of hydrogen-bond donors (Lipinski definition) is 0. The predicted molar refractivity (Wildman–Crippen MR) is 52.1 cm³/mol. The summed E-state index contributed by atoms with van der Waals surface area (Å²) in [5.41, 5.74) is 0.753. The Kier molecular flexibility index (Phi) is 2.88. The lowest BCUT2D eigenvalue weighted by molar-refractivity contribution is -0.128. The highest BCUT2D eigenvalue weighted by Crippen LogP contribution is 2.21. The first-order chi connectivity index (χ1) is 6.77. The van der Waals surface area contributed by atoms with Crippen molar-refractivity contribution in [2.24, 2.45) is 5.92 Å². The fourth-order valence-corrected chi connectivity index (χ4v) is 2.10. The van der Waals surface area contributed by atoms with Crippen molar-refractivity contribution < 1.29 is 9.53 Å². The molecule has 14 heavy (non-hydrogen) atoms. The second-order valence-corrected chi connectivity index (χ2v) is 4.21. The summed E-state index contributed by atoms with van der Waals surface area (Å²) in [6, 6.07) is 0. The van der Waals surface area contributed by atoms with Crippen LogP contribution in [0.3, 0.4) is 0 Å². The van der Waals surface area contributed by atoms with E-state index in [9.17, 15) is 4.79 Å². The number of nitrogens with zero attached hydrogens (tertiary/aromatic N) is 2. The van der Waals surface area contributed by atoms with Crippen molar-refractivity contribution in [2.45, 2.75) is 25.9 Å². The molecule has 2 rings (SSSR count). The van der Waals surface area contributed by atoms with Gasteiger partial charge in [-0.2, -0.15) is 0 Å². The van der Waals surface area contributed by atoms with Crippen molar-refractivity contribution >= 4 is 17.3 Å². The topological polar surface area (TPSA) is 52.1 Å². The fourth-order valence-electron chi connectivity index (χ4n) is 1.65. The number of aromatic nitrogens is 2. The molecule has 5 heteroatoms. The van der Waals surface area contributed by atoms with Gasteiger partial charge in [0.15, 0.2) is 5.78 Å². The number of carbonyl (C=O) groups is 1. The van der Waals surface area contributed by atoms with Crippen LogP contribution in [0.2, 0.25) is 0 Å². The highest BCUT2D eigenvalue weighted by molar-refractivity contribution is 7.03. The molecule has 1 aliphatic rings. The molecule has 4 nitrogen and oxygen atoms in total. The van der Waals surface area contributed by atoms with Crippen molar-refractivity contribution in [3.63, 3.8) is 0 Å². The van der Waals surface area contributed by atoms with E-state index in [1.807, 2.05) is 0 Å². The SMILES string of the molecule is CC1CCOC1C(=O)Cc1csnn1. The summed E-state index contributed by atoms with van der Waals surface area (Å²) in [7, 11) is 0. The molecule has 0 amide bonds. The second kappa shape index (κ2) is 4.14. The minimum absolute atomic E-state index is 0.128. The van der Waals surface area contributed by atoms with Gasteiger partial charge >= 0.3 is 0 Å². The van der Waals surface area contributed by atoms with Crippen LogP contribution in [0.1, 0.15) is 19.0 Å². The van der Waals surface area contributed by atoms with E-state index in [1.54, 1.807) is 5.38 Å². The van der Waals surface area contributed by atoms with Gasteiger partial charge in [-0.15, -0.1) is 5.10 Å². The zero-order valence-corrected chi connectivity index (χ0v) is 8.79. The minimum Gasteiger partial charge on any atom is -0.370 e. The smallest absolute Gasteiger partial charge is 0.167 e. The summed E-state index contributed by atoms with van der Waals surface area (Å²) in [6.07, 6.45) is 1.11. The Labute approximate surface area is 86.4 Å². The molecule has 1 aromatic heterocycles. The molecule has 1 aliphatic heterocycles. The van der Waals surface area contributed by atoms with Gasteiger partial charge in [-0.1, -0.05) is 11.4 Å². The Morgan fingerprint density at radius 1 is 1.79 bits per heavy atom. The predicted octanol–water partition coefficient (Wildman–Crippen LogP) is 1.07. The quantitative estimate of drug-likeness (QED) is 0.752. The van der Waals surface area contributed by atoms with Crippen molar-refractivity contribution in [2.75, 3.05) is 6.61 Å². The zero-order chi connectivity index (χ0) is 9.97. The van der Waals surface area contributed by atoms with Gasteiger partial charge in [0.25, 0.3) is 0 Å². The van der Waals surface area contributed by atoms with Crippen LogP contribution in [0.5, 0.6) is 0 Å². The molecule has 1 fully saturated rings. The molecular weight excluding hydrogens is 200 g/mol. The highest BCUT2D eigenvalue weighted by atomic mass is 32.1. The van der Waals surface area contributed by atoms with Gasteiger partial charge in [0.2, 0.25) is 0 Å². The second-order valence-electron chi connectivity index (χ2n) is 3.60. The lowest BCUT2D eigenvalue weighted by Gasteiger charge is -2.11. The van der Waals surface area contributed by atoms with E-state index >= 15 is 0 Å². The number of ketones is 1. The van der Waals surface area contributed by atoms with Gasteiger partial charge in [0.05, 0.1) is 12.1 Å². The maximum atomic E-state index is 11.7. The molecule has 0 aliphatic carbocycles. The largest absolute Gasteiger partial charge is 0.370 e. The van der Waals surface area contributed by atoms with Gasteiger partial charge in [-0.05, 0) is 23.9 Å². The lowest BCUT2D eigenvalue weighted by Crippen LogP contribution is -2.26. The van der Waals surface area contributed by atoms with Crippen LogP contribution in [0.4, 0.5) is 0 Å². The van der Waals surface area contributed by atoms with Crippen LogP contribution in [0, 0.1) is 5.92 Å². The monoisotopic (exact) mass is 212 g/mol. The number of rotatable bonds is 3. The van der Waals surface area contributed by atoms with Crippen LogP contribution >= 0.6 is 11.5 Å². The van der Waals surface area contributed by atoms with Gasteiger partial charge in [0, 0.05) is 12.0 Å². The van der Waals surface area contributed by atoms with Crippen LogP contribution in [0.25, 0.3) is 0 Å². The molecular formula is C9H12N2O2S. The van der Waals surface area contributed by atoms with Crippen molar-refractivity contribution in [3.05, 3.63) is 11.1 Å². The summed E-state index contributed by atoms with van der Waals surface area (Å²) < 4.78 is 9.10. The highest BCUT2D eigenvalue weighted by Gasteiger charge is 2.30. The third-order valence-electron chi connectivity index (χ3n) is 2.47. The Morgan fingerprint density at radius 2 is 2.64 bits per heavy atom. The average Bonchev–Trinajstić information content (AvgIpc) is 2.75. The minimum atomic E-state index is -0.225. The molecule has 0 saturated carbocycles. The number of Topliss-reactive ketones (excluding diaryl/α,β-unsaturated/α-hetero) is 1. The maximum absolute atomic E-state index is 11.7. The molecule has 0 N–H and O–H groups in total. The van der Waals surface area contributed by atoms with E-state index < -0.39 is 0 Å². The Hall–Kier alpha value is -0.810. The molecule has 0 radical (unpaired) electrons. The summed E-state index contributed by atoms with van der Waals surface area (Å²) in [6.45, 7) is 2.75. The molecule has 2 heterocycles. The third kappa shape index (κ3) is 1.99. The molecule has 1 saturated heterocycles. The Morgan fingerprint density at radius 3 is 3.21 bits per heavy atom. The van der Waals surface area contributed by atoms with E-state index in [-0.39, 0.29) is 11.9 Å². The number of ether oxygens (including phenoxy) is 1. The van der Waals surface area contributed by atoms with Crippen LogP contribution in [0.15, 0.2) is 5.38 Å². The fraction of sp³-hybridized carbons (Fsp3) is 0.667. The Balaban J connectivity index is 1.95. The van der Waals surface area contributed by atoms with Crippen molar-refractivity contribution in [1.82, 2.24) is 9.59 Å². The summed E-state index contributed by atoms with van der Waals surface area (Å²) in [5, 5.41) is 5.65. The first kappa shape index (κ1) is 9.73. The van der Waals surface area contributed by atoms with Crippen LogP contribution in [-0.4, -0.2) is 28.1 Å². The van der Waals surface area contributed by atoms with E-state index in [0.717, 1.165) is 12.1 Å². The van der Waals surface area contributed by atoms with Crippen LogP contribution in [-0.2, 0) is 16.0 Å². The maximum Gasteiger partial charge on any atom is 0.167 e. The van der Waals surface area contributed by atoms with Crippen molar-refractivity contribution in [3.8, 4) is 0 Å². The normalized spacial score (nSPS) is 26.6. The van der Waals surface area contributed by atoms with Gasteiger partial charge in [-0.3, -0.25) is 4.79 Å². The van der Waals surface area contributed by atoms with Crippen molar-refractivity contribution in [1.29, 1.82) is 0 Å². The van der Waals surface area contributed by atoms with E-state index in [4.69, 9.17) is 4.74 Å². The molecule has 0 aromatic carbocycles. The molecule has 1 aromatic rings. The zero-order valence-electron chi connectivity index (χ0n) is 7.97.